The van der Waals surface area contributed by atoms with Gasteiger partial charge < -0.3 is 34.0 Å². The number of aromatic nitrogens is 2. The molecule has 240 valence electrons. The first-order valence-electron chi connectivity index (χ1n) is 12.5. The number of aromatic amines is 2. The highest BCUT2D eigenvalue weighted by molar-refractivity contribution is 7.90. The minimum Gasteiger partial charge on any atom is -0.497 e. The summed E-state index contributed by atoms with van der Waals surface area (Å²) < 4.78 is 41.2. The van der Waals surface area contributed by atoms with E-state index in [4.69, 9.17) is 19.3 Å². The molecule has 2 aromatic heterocycles. The van der Waals surface area contributed by atoms with Gasteiger partial charge in [-0.3, -0.25) is 9.59 Å². The molecule has 0 radical (unpaired) electrons. The molecule has 0 saturated heterocycles. The molecule has 0 fully saturated rings. The molecule has 42 heavy (non-hydrogen) atoms. The van der Waals surface area contributed by atoms with Crippen molar-refractivity contribution in [2.75, 3.05) is 47.9 Å². The van der Waals surface area contributed by atoms with E-state index >= 15 is 0 Å². The molecule has 2 heterocycles. The number of nitrogens with one attached hydrogen (secondary N) is 2. The average Bonchev–Trinajstić information content (AvgIpc) is 2.95. The summed E-state index contributed by atoms with van der Waals surface area (Å²) in [5.74, 6) is 0.655. The molecule has 1 aromatic carbocycles. The number of pyridine rings is 2. The van der Waals surface area contributed by atoms with E-state index in [1.54, 1.807) is 77.9 Å². The highest BCUT2D eigenvalue weighted by Crippen LogP contribution is 2.14. The van der Waals surface area contributed by atoms with Crippen molar-refractivity contribution in [3.8, 4) is 5.75 Å². The maximum atomic E-state index is 11.0. The zero-order chi connectivity index (χ0) is 31.8. The first kappa shape index (κ1) is 43.2. The van der Waals surface area contributed by atoms with Crippen LogP contribution in [0.15, 0.2) is 75.4 Å². The molecule has 0 amide bonds. The van der Waals surface area contributed by atoms with Crippen molar-refractivity contribution < 1.29 is 32.5 Å². The standard InChI is InChI=1S/C8H10O3S.2C6H7NO.C5H12O2.C4H10O2.CH4/c1-11-7-3-5-8(6-4-7)12(2,9)10;1-5-2-3-7-6(8)4-5;1-5-3-2-4-7-6(5)8;1-5(7-3)4-6-2;1-4(3-5)6-2;/h3-6H,1-2H3;2*2-4H,1H3,(H,7,8);5H,4H2,1-3H3;4-5H,3H2,1-2H3;1H4/t;;;5-;4-;/m...11./s1. The Kier molecular flexibility index (Phi) is 26.1. The molecule has 0 aliphatic rings. The lowest BCUT2D eigenvalue weighted by Crippen LogP contribution is -2.11. The smallest absolute Gasteiger partial charge is 0.250 e. The van der Waals surface area contributed by atoms with E-state index in [0.717, 1.165) is 11.1 Å². The number of ether oxygens (including phenoxy) is 4. The minimum atomic E-state index is -3.08. The molecule has 2 atom stereocenters. The van der Waals surface area contributed by atoms with Gasteiger partial charge in [0.25, 0.3) is 5.56 Å². The van der Waals surface area contributed by atoms with Gasteiger partial charge in [0, 0.05) is 51.6 Å². The Balaban J connectivity index is -0.000000461. The lowest BCUT2D eigenvalue weighted by molar-refractivity contribution is 0.0401. The van der Waals surface area contributed by atoms with E-state index < -0.39 is 9.84 Å². The number of H-pyrrole nitrogens is 2. The van der Waals surface area contributed by atoms with Crippen LogP contribution in [0.2, 0.25) is 0 Å². The van der Waals surface area contributed by atoms with Crippen LogP contribution in [0.3, 0.4) is 0 Å². The predicted molar refractivity (Wildman–Crippen MR) is 168 cm³/mol. The summed E-state index contributed by atoms with van der Waals surface area (Å²) in [6, 6.07) is 13.3. The molecule has 0 spiro atoms. The summed E-state index contributed by atoms with van der Waals surface area (Å²) >= 11 is 0. The van der Waals surface area contributed by atoms with Crippen LogP contribution in [0, 0.1) is 13.8 Å². The Labute approximate surface area is 250 Å². The third-order valence-electron chi connectivity index (χ3n) is 4.90. The van der Waals surface area contributed by atoms with Crippen LogP contribution in [0.5, 0.6) is 5.75 Å². The SMILES string of the molecule is C.COC[C@@H](C)OC.CO[C@H](C)CO.COc1ccc(S(C)(=O)=O)cc1.Cc1cc[nH]c(=O)c1.Cc1ccc[nH]c1=O. The zero-order valence-corrected chi connectivity index (χ0v) is 26.3. The number of aliphatic hydroxyl groups excluding tert-OH is 1. The summed E-state index contributed by atoms with van der Waals surface area (Å²) in [6.07, 6.45) is 4.65. The molecular weight excluding hydrogens is 564 g/mol. The summed E-state index contributed by atoms with van der Waals surface area (Å²) in [5, 5.41) is 8.21. The van der Waals surface area contributed by atoms with Crippen molar-refractivity contribution in [3.05, 3.63) is 92.8 Å². The van der Waals surface area contributed by atoms with Crippen LogP contribution in [0.25, 0.3) is 0 Å². The number of rotatable bonds is 7. The second-order valence-electron chi connectivity index (χ2n) is 8.59. The Morgan fingerprint density at radius 2 is 1.43 bits per heavy atom. The predicted octanol–water partition coefficient (Wildman–Crippen LogP) is 3.78. The van der Waals surface area contributed by atoms with Gasteiger partial charge in [0.15, 0.2) is 9.84 Å². The van der Waals surface area contributed by atoms with Gasteiger partial charge in [-0.25, -0.2) is 8.42 Å². The van der Waals surface area contributed by atoms with Crippen molar-refractivity contribution in [1.29, 1.82) is 0 Å². The maximum absolute atomic E-state index is 11.0. The van der Waals surface area contributed by atoms with E-state index in [1.165, 1.54) is 25.5 Å². The van der Waals surface area contributed by atoms with Gasteiger partial charge in [0.05, 0.1) is 37.4 Å². The van der Waals surface area contributed by atoms with Gasteiger partial charge in [0.2, 0.25) is 5.56 Å². The number of sulfone groups is 1. The minimum absolute atomic E-state index is 0. The summed E-state index contributed by atoms with van der Waals surface area (Å²) in [5.41, 5.74) is 1.71. The average molecular weight is 615 g/mol. The van der Waals surface area contributed by atoms with E-state index in [-0.39, 0.29) is 37.4 Å². The van der Waals surface area contributed by atoms with Crippen molar-refractivity contribution in [1.82, 2.24) is 9.97 Å². The van der Waals surface area contributed by atoms with Gasteiger partial charge in [-0.1, -0.05) is 13.5 Å². The van der Waals surface area contributed by atoms with Crippen molar-refractivity contribution >= 4 is 9.84 Å². The van der Waals surface area contributed by atoms with Crippen LogP contribution < -0.4 is 15.9 Å². The number of benzene rings is 1. The van der Waals surface area contributed by atoms with Gasteiger partial charge in [0.1, 0.15) is 5.75 Å². The van der Waals surface area contributed by atoms with E-state index in [0.29, 0.717) is 17.3 Å². The first-order chi connectivity index (χ1) is 19.2. The fourth-order valence-electron chi connectivity index (χ4n) is 2.26. The molecular formula is C30H50N2O9S. The Hall–Kier alpha value is -3.29. The van der Waals surface area contributed by atoms with Crippen molar-refractivity contribution in [3.63, 3.8) is 0 Å². The highest BCUT2D eigenvalue weighted by atomic mass is 32.2. The van der Waals surface area contributed by atoms with Crippen LogP contribution in [0.1, 0.15) is 32.4 Å². The van der Waals surface area contributed by atoms with Gasteiger partial charge >= 0.3 is 0 Å². The number of methoxy groups -OCH3 is 4. The van der Waals surface area contributed by atoms with Gasteiger partial charge in [-0.2, -0.15) is 0 Å². The quantitative estimate of drug-likeness (QED) is 0.360. The van der Waals surface area contributed by atoms with Crippen LogP contribution in [-0.4, -0.2) is 83.6 Å². The Morgan fingerprint density at radius 1 is 0.857 bits per heavy atom. The summed E-state index contributed by atoms with van der Waals surface area (Å²) in [4.78, 5) is 26.4. The number of aryl methyl sites for hydroxylation is 2. The molecule has 0 saturated carbocycles. The van der Waals surface area contributed by atoms with E-state index in [2.05, 4.69) is 14.7 Å². The van der Waals surface area contributed by atoms with Crippen LogP contribution in [-0.2, 0) is 24.0 Å². The van der Waals surface area contributed by atoms with E-state index in [1.807, 2.05) is 19.9 Å². The van der Waals surface area contributed by atoms with E-state index in [9.17, 15) is 18.0 Å². The molecule has 0 aliphatic carbocycles. The zero-order valence-electron chi connectivity index (χ0n) is 25.5. The van der Waals surface area contributed by atoms with Crippen LogP contribution >= 0.6 is 0 Å². The second kappa shape index (κ2) is 25.4. The largest absolute Gasteiger partial charge is 0.497 e. The second-order valence-corrected chi connectivity index (χ2v) is 10.6. The monoisotopic (exact) mass is 614 g/mol. The number of hydrogen-bond acceptors (Lipinski definition) is 9. The Morgan fingerprint density at radius 3 is 1.69 bits per heavy atom. The lowest BCUT2D eigenvalue weighted by atomic mass is 10.3. The van der Waals surface area contributed by atoms with Crippen molar-refractivity contribution in [2.24, 2.45) is 0 Å². The molecule has 0 unspecified atom stereocenters. The third-order valence-corrected chi connectivity index (χ3v) is 6.02. The lowest BCUT2D eigenvalue weighted by Gasteiger charge is -2.05. The van der Waals surface area contributed by atoms with Crippen LogP contribution in [0.4, 0.5) is 0 Å². The molecule has 0 aliphatic heterocycles. The highest BCUT2D eigenvalue weighted by Gasteiger charge is 2.05. The van der Waals surface area contributed by atoms with Crippen molar-refractivity contribution in [2.45, 2.75) is 52.2 Å². The fourth-order valence-corrected chi connectivity index (χ4v) is 2.89. The first-order valence-corrected chi connectivity index (χ1v) is 14.4. The molecule has 3 aromatic rings. The number of aliphatic hydroxyl groups is 1. The normalized spacial score (nSPS) is 11.1. The molecule has 12 heteroatoms. The third kappa shape index (κ3) is 23.4. The summed E-state index contributed by atoms with van der Waals surface area (Å²) in [7, 11) is 3.36. The van der Waals surface area contributed by atoms with Gasteiger partial charge in [-0.05, 0) is 69.7 Å². The molecule has 3 N–H and O–H groups in total. The molecule has 11 nitrogen and oxygen atoms in total. The summed E-state index contributed by atoms with van der Waals surface area (Å²) in [6.45, 7) is 8.21. The molecule has 3 rings (SSSR count). The molecule has 0 bridgehead atoms. The van der Waals surface area contributed by atoms with Gasteiger partial charge in [-0.15, -0.1) is 0 Å². The number of hydrogen-bond donors (Lipinski definition) is 3. The maximum Gasteiger partial charge on any atom is 0.250 e. The fraction of sp³-hybridized carbons (Fsp3) is 0.467. The Bertz CT molecular complexity index is 1270. The topological polar surface area (TPSA) is 157 Å².